The van der Waals surface area contributed by atoms with E-state index in [1.54, 1.807) is 6.92 Å². The maximum Gasteiger partial charge on any atom is 0.328 e. The Labute approximate surface area is 142 Å². The molecule has 0 aliphatic rings. The second-order valence-corrected chi connectivity index (χ2v) is 5.05. The lowest BCUT2D eigenvalue weighted by atomic mass is 10.2. The fraction of sp³-hybridized carbons (Fsp3) is 0.267. The molecular weight excluding hydrogens is 332 g/mol. The van der Waals surface area contributed by atoms with Crippen LogP contribution >= 0.6 is 0 Å². The topological polar surface area (TPSA) is 137 Å². The zero-order valence-electron chi connectivity index (χ0n) is 13.5. The lowest BCUT2D eigenvalue weighted by Crippen LogP contribution is -2.16. The molecule has 0 aliphatic carbocycles. The summed E-state index contributed by atoms with van der Waals surface area (Å²) < 4.78 is 6.32. The predicted octanol–water partition coefficient (Wildman–Crippen LogP) is 2.09. The highest BCUT2D eigenvalue weighted by atomic mass is 16.6. The molecule has 25 heavy (non-hydrogen) atoms. The summed E-state index contributed by atoms with van der Waals surface area (Å²) in [4.78, 5) is 33.7. The third kappa shape index (κ3) is 4.10. The fourth-order valence-electron chi connectivity index (χ4n) is 2.00. The Morgan fingerprint density at radius 1 is 1.48 bits per heavy atom. The van der Waals surface area contributed by atoms with Crippen LogP contribution in [0.25, 0.3) is 0 Å². The number of nitrogens with one attached hydrogen (secondary N) is 1. The summed E-state index contributed by atoms with van der Waals surface area (Å²) in [5.41, 5.74) is -0.237. The van der Waals surface area contributed by atoms with E-state index in [1.165, 1.54) is 37.5 Å². The van der Waals surface area contributed by atoms with Gasteiger partial charge in [-0.2, -0.15) is 5.10 Å². The van der Waals surface area contributed by atoms with Crippen LogP contribution in [0.1, 0.15) is 30.2 Å². The van der Waals surface area contributed by atoms with Crippen molar-refractivity contribution < 1.29 is 24.4 Å². The molecule has 1 heterocycles. The standard InChI is InChI=1S/C15H16N4O6/c1-3-25-11-4-5-12(13(6-11)19(23)24)17-14(20)10-7-16-18(8-10)9(2)15(21)22/h4-9H,3H2,1-2H3,(H,17,20)(H,21,22). The Balaban J connectivity index is 2.23. The zero-order chi connectivity index (χ0) is 18.6. The van der Waals surface area contributed by atoms with E-state index in [4.69, 9.17) is 9.84 Å². The van der Waals surface area contributed by atoms with Gasteiger partial charge in [0.1, 0.15) is 17.5 Å². The molecule has 10 nitrogen and oxygen atoms in total. The molecule has 0 spiro atoms. The zero-order valence-corrected chi connectivity index (χ0v) is 13.5. The van der Waals surface area contributed by atoms with E-state index in [0.29, 0.717) is 12.4 Å². The van der Waals surface area contributed by atoms with Crippen LogP contribution < -0.4 is 10.1 Å². The Hall–Kier alpha value is -3.43. The SMILES string of the molecule is CCOc1ccc(NC(=O)c2cnn(C(C)C(=O)O)c2)c([N+](=O)[O-])c1. The molecule has 0 aliphatic heterocycles. The highest BCUT2D eigenvalue weighted by molar-refractivity contribution is 6.05. The van der Waals surface area contributed by atoms with Crippen molar-refractivity contribution in [3.63, 3.8) is 0 Å². The fourth-order valence-corrected chi connectivity index (χ4v) is 2.00. The lowest BCUT2D eigenvalue weighted by molar-refractivity contribution is -0.384. The number of carbonyl (C=O) groups excluding carboxylic acids is 1. The van der Waals surface area contributed by atoms with Crippen LogP contribution in [0, 0.1) is 10.1 Å². The minimum Gasteiger partial charge on any atom is -0.494 e. The van der Waals surface area contributed by atoms with Crippen molar-refractivity contribution in [1.29, 1.82) is 0 Å². The van der Waals surface area contributed by atoms with Gasteiger partial charge in [-0.25, -0.2) is 4.79 Å². The van der Waals surface area contributed by atoms with Gasteiger partial charge in [0.05, 0.1) is 29.4 Å². The summed E-state index contributed by atoms with van der Waals surface area (Å²) in [5, 5.41) is 26.4. The van der Waals surface area contributed by atoms with Crippen LogP contribution in [0.15, 0.2) is 30.6 Å². The highest BCUT2D eigenvalue weighted by Crippen LogP contribution is 2.29. The van der Waals surface area contributed by atoms with Crippen molar-refractivity contribution in [2.24, 2.45) is 0 Å². The molecule has 1 aromatic carbocycles. The van der Waals surface area contributed by atoms with Gasteiger partial charge in [0.25, 0.3) is 11.6 Å². The number of rotatable bonds is 7. The van der Waals surface area contributed by atoms with Crippen molar-refractivity contribution in [1.82, 2.24) is 9.78 Å². The molecule has 132 valence electrons. The maximum atomic E-state index is 12.2. The quantitative estimate of drug-likeness (QED) is 0.577. The maximum absolute atomic E-state index is 12.2. The van der Waals surface area contributed by atoms with Crippen LogP contribution in [0.5, 0.6) is 5.75 Å². The van der Waals surface area contributed by atoms with E-state index in [9.17, 15) is 19.7 Å². The molecular formula is C15H16N4O6. The van der Waals surface area contributed by atoms with Gasteiger partial charge in [0.2, 0.25) is 0 Å². The van der Waals surface area contributed by atoms with Crippen LogP contribution in [0.3, 0.4) is 0 Å². The number of nitro benzene ring substituents is 1. The molecule has 0 radical (unpaired) electrons. The Bertz CT molecular complexity index is 816. The van der Waals surface area contributed by atoms with Crippen LogP contribution in [-0.4, -0.2) is 38.3 Å². The number of ether oxygens (including phenoxy) is 1. The van der Waals surface area contributed by atoms with Crippen molar-refractivity contribution >= 4 is 23.3 Å². The number of hydrogen-bond donors (Lipinski definition) is 2. The van der Waals surface area contributed by atoms with Gasteiger partial charge < -0.3 is 15.2 Å². The van der Waals surface area contributed by atoms with E-state index < -0.39 is 22.8 Å². The first-order valence-electron chi connectivity index (χ1n) is 7.33. The Kier molecular flexibility index (Phi) is 5.32. The van der Waals surface area contributed by atoms with Crippen molar-refractivity contribution in [2.75, 3.05) is 11.9 Å². The molecule has 1 atom stereocenters. The van der Waals surface area contributed by atoms with Gasteiger partial charge in [0, 0.05) is 6.20 Å². The average Bonchev–Trinajstić information content (AvgIpc) is 3.05. The van der Waals surface area contributed by atoms with E-state index >= 15 is 0 Å². The van der Waals surface area contributed by atoms with Crippen molar-refractivity contribution in [3.8, 4) is 5.75 Å². The first-order valence-corrected chi connectivity index (χ1v) is 7.33. The number of nitrogens with zero attached hydrogens (tertiary/aromatic N) is 3. The molecule has 2 rings (SSSR count). The summed E-state index contributed by atoms with van der Waals surface area (Å²) in [5.74, 6) is -1.43. The van der Waals surface area contributed by atoms with Gasteiger partial charge in [-0.15, -0.1) is 0 Å². The number of amides is 1. The van der Waals surface area contributed by atoms with E-state index in [0.717, 1.165) is 4.68 Å². The Morgan fingerprint density at radius 2 is 2.20 bits per heavy atom. The van der Waals surface area contributed by atoms with Crippen molar-refractivity contribution in [3.05, 3.63) is 46.3 Å². The van der Waals surface area contributed by atoms with Gasteiger partial charge in [-0.3, -0.25) is 19.6 Å². The predicted molar refractivity (Wildman–Crippen MR) is 86.8 cm³/mol. The first kappa shape index (κ1) is 17.9. The molecule has 0 fully saturated rings. The summed E-state index contributed by atoms with van der Waals surface area (Å²) >= 11 is 0. The van der Waals surface area contributed by atoms with Gasteiger partial charge in [0.15, 0.2) is 0 Å². The summed E-state index contributed by atoms with van der Waals surface area (Å²) in [7, 11) is 0. The second kappa shape index (κ2) is 7.43. The molecule has 1 amide bonds. The minimum absolute atomic E-state index is 0.00233. The molecule has 2 N–H and O–H groups in total. The third-order valence-electron chi connectivity index (χ3n) is 3.34. The van der Waals surface area contributed by atoms with Crippen molar-refractivity contribution in [2.45, 2.75) is 19.9 Å². The number of carbonyl (C=O) groups is 2. The molecule has 2 aromatic rings. The normalized spacial score (nSPS) is 11.6. The van der Waals surface area contributed by atoms with Gasteiger partial charge in [-0.1, -0.05) is 0 Å². The van der Waals surface area contributed by atoms with E-state index in [2.05, 4.69) is 10.4 Å². The van der Waals surface area contributed by atoms with E-state index in [-0.39, 0.29) is 16.9 Å². The number of carboxylic acid groups (broad SMARTS) is 1. The van der Waals surface area contributed by atoms with Crippen LogP contribution in [-0.2, 0) is 4.79 Å². The summed E-state index contributed by atoms with van der Waals surface area (Å²) in [6.45, 7) is 3.51. The van der Waals surface area contributed by atoms with E-state index in [1.807, 2.05) is 0 Å². The monoisotopic (exact) mass is 348 g/mol. The second-order valence-electron chi connectivity index (χ2n) is 5.05. The molecule has 10 heteroatoms. The van der Waals surface area contributed by atoms with Crippen LogP contribution in [0.2, 0.25) is 0 Å². The molecule has 0 bridgehead atoms. The molecule has 0 saturated heterocycles. The lowest BCUT2D eigenvalue weighted by Gasteiger charge is -2.08. The Morgan fingerprint density at radius 3 is 2.80 bits per heavy atom. The number of aromatic nitrogens is 2. The van der Waals surface area contributed by atoms with Crippen LogP contribution in [0.4, 0.5) is 11.4 Å². The molecule has 0 saturated carbocycles. The number of carboxylic acids is 1. The third-order valence-corrected chi connectivity index (χ3v) is 3.34. The number of nitro groups is 1. The minimum atomic E-state index is -1.10. The first-order chi connectivity index (χ1) is 11.8. The summed E-state index contributed by atoms with van der Waals surface area (Å²) in [6, 6.07) is 3.14. The number of benzene rings is 1. The highest BCUT2D eigenvalue weighted by Gasteiger charge is 2.20. The number of aliphatic carboxylic acids is 1. The summed E-state index contributed by atoms with van der Waals surface area (Å²) in [6.07, 6.45) is 2.45. The molecule has 1 aromatic heterocycles. The van der Waals surface area contributed by atoms with Gasteiger partial charge >= 0.3 is 5.97 Å². The largest absolute Gasteiger partial charge is 0.494 e. The molecule has 1 unspecified atom stereocenters. The number of hydrogen-bond acceptors (Lipinski definition) is 6. The number of anilines is 1. The average molecular weight is 348 g/mol. The smallest absolute Gasteiger partial charge is 0.328 e. The van der Waals surface area contributed by atoms with Gasteiger partial charge in [-0.05, 0) is 26.0 Å².